The normalized spacial score (nSPS) is 11.9. The largest absolute Gasteiger partial charge is 0.347 e. The van der Waals surface area contributed by atoms with Crippen molar-refractivity contribution in [2.75, 3.05) is 0 Å². The lowest BCUT2D eigenvalue weighted by Gasteiger charge is -2.22. The first-order valence-corrected chi connectivity index (χ1v) is 6.75. The molecular weight excluding hydrogens is 266 g/mol. The van der Waals surface area contributed by atoms with Gasteiger partial charge in [0.15, 0.2) is 0 Å². The van der Waals surface area contributed by atoms with Crippen molar-refractivity contribution in [1.82, 2.24) is 20.3 Å². The lowest BCUT2D eigenvalue weighted by molar-refractivity contribution is 0.0919. The first-order chi connectivity index (χ1) is 10.1. The number of hydrogen-bond donors (Lipinski definition) is 1. The molecule has 0 spiro atoms. The van der Waals surface area contributed by atoms with Crippen molar-refractivity contribution in [1.29, 1.82) is 5.26 Å². The van der Waals surface area contributed by atoms with E-state index >= 15 is 0 Å². The highest BCUT2D eigenvalue weighted by Crippen LogP contribution is 2.08. The van der Waals surface area contributed by atoms with Crippen molar-refractivity contribution in [3.8, 4) is 6.07 Å². The number of nitrogens with one attached hydrogen (secondary N) is 1. The van der Waals surface area contributed by atoms with E-state index < -0.39 is 0 Å². The molecule has 21 heavy (non-hydrogen) atoms. The number of rotatable bonds is 5. The molecule has 0 aliphatic rings. The Morgan fingerprint density at radius 1 is 1.48 bits per heavy atom. The average molecular weight is 283 g/mol. The summed E-state index contributed by atoms with van der Waals surface area (Å²) in [7, 11) is 0. The van der Waals surface area contributed by atoms with E-state index in [1.54, 1.807) is 41.3 Å². The summed E-state index contributed by atoms with van der Waals surface area (Å²) in [4.78, 5) is 12.3. The third-order valence-electron chi connectivity index (χ3n) is 3.23. The Balaban J connectivity index is 2.09. The molecule has 0 saturated heterocycles. The predicted molar refractivity (Wildman–Crippen MR) is 77.3 cm³/mol. The molecule has 2 aromatic rings. The number of benzene rings is 1. The number of nitrogens with zero attached hydrogens (tertiary/aromatic N) is 4. The van der Waals surface area contributed by atoms with Gasteiger partial charge in [-0.25, -0.2) is 0 Å². The molecule has 0 bridgehead atoms. The molecule has 0 saturated carbocycles. The van der Waals surface area contributed by atoms with E-state index in [0.29, 0.717) is 17.7 Å². The topological polar surface area (TPSA) is 83.6 Å². The second-order valence-corrected chi connectivity index (χ2v) is 5.14. The van der Waals surface area contributed by atoms with Crippen molar-refractivity contribution in [3.63, 3.8) is 0 Å². The summed E-state index contributed by atoms with van der Waals surface area (Å²) >= 11 is 0. The van der Waals surface area contributed by atoms with E-state index in [2.05, 4.69) is 15.6 Å². The number of amides is 1. The summed E-state index contributed by atoms with van der Waals surface area (Å²) in [5, 5.41) is 19.5. The summed E-state index contributed by atoms with van der Waals surface area (Å²) in [6.07, 6.45) is 3.37. The Kier molecular flexibility index (Phi) is 4.67. The van der Waals surface area contributed by atoms with Crippen LogP contribution in [0.2, 0.25) is 0 Å². The Morgan fingerprint density at radius 3 is 2.90 bits per heavy atom. The Morgan fingerprint density at radius 2 is 2.29 bits per heavy atom. The molecule has 1 amide bonds. The second kappa shape index (κ2) is 6.66. The van der Waals surface area contributed by atoms with Gasteiger partial charge in [0.2, 0.25) is 0 Å². The molecule has 0 fully saturated rings. The molecule has 6 nitrogen and oxygen atoms in total. The Bertz CT molecular complexity index is 642. The fourth-order valence-electron chi connectivity index (χ4n) is 1.94. The van der Waals surface area contributed by atoms with E-state index in [-0.39, 0.29) is 17.9 Å². The van der Waals surface area contributed by atoms with Crippen LogP contribution in [0.4, 0.5) is 0 Å². The smallest absolute Gasteiger partial charge is 0.251 e. The zero-order valence-corrected chi connectivity index (χ0v) is 12.0. The van der Waals surface area contributed by atoms with Gasteiger partial charge in [0.05, 0.1) is 30.4 Å². The number of carbonyl (C=O) groups is 1. The van der Waals surface area contributed by atoms with Gasteiger partial charge in [-0.05, 0) is 24.1 Å². The maximum atomic E-state index is 12.3. The second-order valence-electron chi connectivity index (χ2n) is 5.14. The fraction of sp³-hybridized carbons (Fsp3) is 0.333. The lowest BCUT2D eigenvalue weighted by atomic mass is 10.0. The van der Waals surface area contributed by atoms with Gasteiger partial charge >= 0.3 is 0 Å². The van der Waals surface area contributed by atoms with E-state index in [1.165, 1.54) is 0 Å². The molecule has 6 heteroatoms. The zero-order valence-electron chi connectivity index (χ0n) is 12.0. The van der Waals surface area contributed by atoms with Crippen LogP contribution in [0.15, 0.2) is 36.7 Å². The van der Waals surface area contributed by atoms with E-state index in [0.717, 1.165) is 0 Å². The minimum absolute atomic E-state index is 0.0649. The molecule has 1 heterocycles. The summed E-state index contributed by atoms with van der Waals surface area (Å²) in [5.74, 6) is 0.0585. The third-order valence-corrected chi connectivity index (χ3v) is 3.23. The third kappa shape index (κ3) is 3.89. The van der Waals surface area contributed by atoms with Crippen LogP contribution in [0.1, 0.15) is 29.8 Å². The summed E-state index contributed by atoms with van der Waals surface area (Å²) < 4.78 is 1.69. The van der Waals surface area contributed by atoms with Crippen LogP contribution >= 0.6 is 0 Å². The summed E-state index contributed by atoms with van der Waals surface area (Å²) in [6.45, 7) is 4.63. The van der Waals surface area contributed by atoms with Gasteiger partial charge in [0.25, 0.3) is 5.91 Å². The average Bonchev–Trinajstić information content (AvgIpc) is 2.99. The van der Waals surface area contributed by atoms with Crippen molar-refractivity contribution < 1.29 is 4.79 Å². The molecule has 0 radical (unpaired) electrons. The van der Waals surface area contributed by atoms with Crippen molar-refractivity contribution >= 4 is 5.91 Å². The van der Waals surface area contributed by atoms with Crippen molar-refractivity contribution in [3.05, 3.63) is 47.8 Å². The summed E-state index contributed by atoms with van der Waals surface area (Å²) in [6, 6.07) is 8.63. The Hall–Kier alpha value is -2.68. The van der Waals surface area contributed by atoms with Crippen molar-refractivity contribution in [2.45, 2.75) is 26.4 Å². The monoisotopic (exact) mass is 283 g/mol. The van der Waals surface area contributed by atoms with Gasteiger partial charge in [-0.2, -0.15) is 5.26 Å². The molecule has 1 atom stereocenters. The quantitative estimate of drug-likeness (QED) is 0.903. The van der Waals surface area contributed by atoms with Gasteiger partial charge in [-0.15, -0.1) is 5.10 Å². The SMILES string of the molecule is CC(C)[C@H](Cn1ccnn1)NC(=O)c1cccc(C#N)c1. The number of nitriles is 1. The van der Waals surface area contributed by atoms with Crippen LogP contribution in [-0.2, 0) is 6.54 Å². The number of hydrogen-bond acceptors (Lipinski definition) is 4. The minimum Gasteiger partial charge on any atom is -0.347 e. The highest BCUT2D eigenvalue weighted by Gasteiger charge is 2.18. The number of aromatic nitrogens is 3. The fourth-order valence-corrected chi connectivity index (χ4v) is 1.94. The van der Waals surface area contributed by atoms with Crippen LogP contribution in [-0.4, -0.2) is 26.9 Å². The molecule has 108 valence electrons. The van der Waals surface area contributed by atoms with E-state index in [4.69, 9.17) is 5.26 Å². The van der Waals surface area contributed by atoms with Gasteiger partial charge in [-0.1, -0.05) is 25.1 Å². The van der Waals surface area contributed by atoms with Crippen LogP contribution < -0.4 is 5.32 Å². The Labute approximate surface area is 123 Å². The first-order valence-electron chi connectivity index (χ1n) is 6.75. The minimum atomic E-state index is -0.189. The lowest BCUT2D eigenvalue weighted by Crippen LogP contribution is -2.41. The van der Waals surface area contributed by atoms with Gasteiger partial charge in [0, 0.05) is 11.8 Å². The molecule has 2 rings (SSSR count). The molecule has 0 aliphatic carbocycles. The van der Waals surface area contributed by atoms with Crippen LogP contribution in [0.3, 0.4) is 0 Å². The maximum absolute atomic E-state index is 12.3. The molecule has 1 aromatic heterocycles. The van der Waals surface area contributed by atoms with Gasteiger partial charge < -0.3 is 5.32 Å². The number of carbonyl (C=O) groups excluding carboxylic acids is 1. The van der Waals surface area contributed by atoms with Crippen molar-refractivity contribution in [2.24, 2.45) is 5.92 Å². The predicted octanol–water partition coefficient (Wildman–Crippen LogP) is 1.60. The van der Waals surface area contributed by atoms with Gasteiger partial charge in [0.1, 0.15) is 0 Å². The standard InChI is InChI=1S/C15H17N5O/c1-11(2)14(10-20-7-6-17-19-20)18-15(21)13-5-3-4-12(8-13)9-16/h3-8,11,14H,10H2,1-2H3,(H,18,21)/t14-/m0/s1. The molecule has 0 unspecified atom stereocenters. The molecule has 0 aliphatic heterocycles. The maximum Gasteiger partial charge on any atom is 0.251 e. The van der Waals surface area contributed by atoms with Crippen LogP contribution in [0, 0.1) is 17.2 Å². The van der Waals surface area contributed by atoms with Crippen LogP contribution in [0.25, 0.3) is 0 Å². The summed E-state index contributed by atoms with van der Waals surface area (Å²) in [5.41, 5.74) is 0.957. The van der Waals surface area contributed by atoms with Crippen LogP contribution in [0.5, 0.6) is 0 Å². The first kappa shape index (κ1) is 14.7. The molecule has 1 N–H and O–H groups in total. The van der Waals surface area contributed by atoms with E-state index in [1.807, 2.05) is 19.9 Å². The van der Waals surface area contributed by atoms with E-state index in [9.17, 15) is 4.79 Å². The van der Waals surface area contributed by atoms with Gasteiger partial charge in [-0.3, -0.25) is 9.48 Å². The molecular formula is C15H17N5O. The molecule has 1 aromatic carbocycles. The highest BCUT2D eigenvalue weighted by atomic mass is 16.1. The zero-order chi connectivity index (χ0) is 15.2. The highest BCUT2D eigenvalue weighted by molar-refractivity contribution is 5.94.